The van der Waals surface area contributed by atoms with Crippen LogP contribution in [0.1, 0.15) is 25.7 Å². The molecule has 0 aromatic heterocycles. The van der Waals surface area contributed by atoms with Crippen LogP contribution in [0.4, 0.5) is 0 Å². The highest BCUT2D eigenvalue weighted by Crippen LogP contribution is 2.28. The third-order valence-electron chi connectivity index (χ3n) is 4.41. The van der Waals surface area contributed by atoms with E-state index in [1.54, 1.807) is 0 Å². The second-order valence-electron chi connectivity index (χ2n) is 5.67. The number of hydrogen-bond donors (Lipinski definition) is 0. The van der Waals surface area contributed by atoms with Crippen LogP contribution < -0.4 is 0 Å². The van der Waals surface area contributed by atoms with E-state index in [1.165, 1.54) is 45.3 Å². The highest BCUT2D eigenvalue weighted by Gasteiger charge is 2.32. The van der Waals surface area contributed by atoms with Gasteiger partial charge in [-0.2, -0.15) is 0 Å². The summed E-state index contributed by atoms with van der Waals surface area (Å²) < 4.78 is 5.34. The van der Waals surface area contributed by atoms with Crippen molar-refractivity contribution in [3.05, 3.63) is 0 Å². The molecule has 1 saturated heterocycles. The molecule has 0 unspecified atom stereocenters. The molecule has 0 bridgehead atoms. The van der Waals surface area contributed by atoms with E-state index in [1.807, 2.05) is 7.11 Å². The van der Waals surface area contributed by atoms with Gasteiger partial charge < -0.3 is 14.5 Å². The molecule has 2 rings (SSSR count). The average molecular weight is 226 g/mol. The van der Waals surface area contributed by atoms with Crippen molar-refractivity contribution in [2.75, 3.05) is 40.8 Å². The predicted octanol–water partition coefficient (Wildman–Crippen LogP) is 1.44. The molecule has 3 nitrogen and oxygen atoms in total. The molecule has 2 fully saturated rings. The fraction of sp³-hybridized carbons (Fsp3) is 1.00. The van der Waals surface area contributed by atoms with Gasteiger partial charge in [0.2, 0.25) is 0 Å². The van der Waals surface area contributed by atoms with Gasteiger partial charge >= 0.3 is 0 Å². The molecular weight excluding hydrogens is 200 g/mol. The highest BCUT2D eigenvalue weighted by molar-refractivity contribution is 4.87. The van der Waals surface area contributed by atoms with Gasteiger partial charge in [0.25, 0.3) is 0 Å². The molecule has 0 radical (unpaired) electrons. The van der Waals surface area contributed by atoms with Gasteiger partial charge in [0, 0.05) is 19.7 Å². The summed E-state index contributed by atoms with van der Waals surface area (Å²) in [4.78, 5) is 5.01. The van der Waals surface area contributed by atoms with Crippen molar-refractivity contribution in [2.45, 2.75) is 37.8 Å². The van der Waals surface area contributed by atoms with E-state index in [2.05, 4.69) is 23.9 Å². The Kier molecular flexibility index (Phi) is 4.22. The Labute approximate surface area is 99.7 Å². The van der Waals surface area contributed by atoms with Gasteiger partial charge in [-0.15, -0.1) is 0 Å². The van der Waals surface area contributed by atoms with E-state index in [0.29, 0.717) is 6.10 Å². The first-order valence-corrected chi connectivity index (χ1v) is 6.60. The Balaban J connectivity index is 1.66. The maximum Gasteiger partial charge on any atom is 0.0601 e. The van der Waals surface area contributed by atoms with Gasteiger partial charge in [0.15, 0.2) is 0 Å². The van der Waals surface area contributed by atoms with Crippen molar-refractivity contribution in [1.29, 1.82) is 0 Å². The van der Waals surface area contributed by atoms with E-state index < -0.39 is 0 Å². The molecule has 0 aromatic carbocycles. The van der Waals surface area contributed by atoms with E-state index in [0.717, 1.165) is 12.0 Å². The zero-order valence-electron chi connectivity index (χ0n) is 11.0. The van der Waals surface area contributed by atoms with Crippen LogP contribution in [0.2, 0.25) is 0 Å². The largest absolute Gasteiger partial charge is 0.381 e. The summed E-state index contributed by atoms with van der Waals surface area (Å²) in [5, 5.41) is 0. The minimum absolute atomic E-state index is 0.532. The van der Waals surface area contributed by atoms with Gasteiger partial charge in [-0.25, -0.2) is 0 Å². The smallest absolute Gasteiger partial charge is 0.0601 e. The molecular formula is C13H26N2O. The molecule has 2 aliphatic rings. The van der Waals surface area contributed by atoms with Crippen LogP contribution >= 0.6 is 0 Å². The van der Waals surface area contributed by atoms with Crippen LogP contribution in [0.25, 0.3) is 0 Å². The van der Waals surface area contributed by atoms with Crippen LogP contribution in [-0.2, 0) is 4.74 Å². The first kappa shape index (κ1) is 12.3. The molecule has 1 saturated carbocycles. The number of piperidine rings is 1. The SMILES string of the molecule is CO[C@H]1C[C@@H](N(C)CC2CCN(C)CC2)C1. The number of rotatable bonds is 4. The monoisotopic (exact) mass is 226 g/mol. The first-order valence-electron chi connectivity index (χ1n) is 6.60. The highest BCUT2D eigenvalue weighted by atomic mass is 16.5. The van der Waals surface area contributed by atoms with Crippen molar-refractivity contribution >= 4 is 0 Å². The standard InChI is InChI=1S/C13H26N2O/c1-14-6-4-11(5-7-14)10-15(2)12-8-13(9-12)16-3/h11-13H,4-10H2,1-3H3/t12-,13+. The zero-order chi connectivity index (χ0) is 11.5. The van der Waals surface area contributed by atoms with E-state index >= 15 is 0 Å². The molecule has 0 atom stereocenters. The minimum Gasteiger partial charge on any atom is -0.381 e. The Morgan fingerprint density at radius 1 is 1.25 bits per heavy atom. The molecule has 1 aliphatic heterocycles. The summed E-state index contributed by atoms with van der Waals surface area (Å²) in [5.41, 5.74) is 0. The quantitative estimate of drug-likeness (QED) is 0.721. The molecule has 94 valence electrons. The topological polar surface area (TPSA) is 15.7 Å². The van der Waals surface area contributed by atoms with Crippen molar-refractivity contribution in [2.24, 2.45) is 5.92 Å². The lowest BCUT2D eigenvalue weighted by Crippen LogP contribution is -2.48. The maximum absolute atomic E-state index is 5.34. The molecule has 3 heteroatoms. The zero-order valence-corrected chi connectivity index (χ0v) is 11.0. The van der Waals surface area contributed by atoms with Gasteiger partial charge in [-0.05, 0) is 58.8 Å². The number of ether oxygens (including phenoxy) is 1. The molecule has 1 heterocycles. The predicted molar refractivity (Wildman–Crippen MR) is 66.7 cm³/mol. The molecule has 16 heavy (non-hydrogen) atoms. The van der Waals surface area contributed by atoms with Crippen molar-refractivity contribution < 1.29 is 4.74 Å². The molecule has 0 amide bonds. The lowest BCUT2D eigenvalue weighted by Gasteiger charge is -2.42. The fourth-order valence-corrected chi connectivity index (χ4v) is 2.89. The Bertz CT molecular complexity index is 208. The van der Waals surface area contributed by atoms with Crippen molar-refractivity contribution in [1.82, 2.24) is 9.80 Å². The van der Waals surface area contributed by atoms with E-state index in [4.69, 9.17) is 4.74 Å². The summed E-state index contributed by atoms with van der Waals surface area (Å²) in [7, 11) is 6.35. The summed E-state index contributed by atoms with van der Waals surface area (Å²) in [5.74, 6) is 0.919. The van der Waals surface area contributed by atoms with Crippen molar-refractivity contribution in [3.63, 3.8) is 0 Å². The Morgan fingerprint density at radius 3 is 2.44 bits per heavy atom. The molecule has 0 aromatic rings. The molecule has 1 aliphatic carbocycles. The van der Waals surface area contributed by atoms with Gasteiger partial charge in [-0.3, -0.25) is 0 Å². The van der Waals surface area contributed by atoms with Crippen molar-refractivity contribution in [3.8, 4) is 0 Å². The van der Waals surface area contributed by atoms with Gasteiger partial charge in [0.1, 0.15) is 0 Å². The molecule has 0 N–H and O–H groups in total. The van der Waals surface area contributed by atoms with Crippen LogP contribution in [0.5, 0.6) is 0 Å². The molecule has 0 spiro atoms. The Morgan fingerprint density at radius 2 is 1.88 bits per heavy atom. The van der Waals surface area contributed by atoms with E-state index in [-0.39, 0.29) is 0 Å². The van der Waals surface area contributed by atoms with Crippen LogP contribution in [0.3, 0.4) is 0 Å². The Hall–Kier alpha value is -0.120. The number of methoxy groups -OCH3 is 1. The third kappa shape index (κ3) is 2.96. The summed E-state index contributed by atoms with van der Waals surface area (Å²) in [6.07, 6.45) is 5.76. The van der Waals surface area contributed by atoms with Gasteiger partial charge in [-0.1, -0.05) is 0 Å². The summed E-state index contributed by atoms with van der Waals surface area (Å²) in [6, 6.07) is 0.782. The number of nitrogens with zero attached hydrogens (tertiary/aromatic N) is 2. The summed E-state index contributed by atoms with van der Waals surface area (Å²) in [6.45, 7) is 3.85. The van der Waals surface area contributed by atoms with Gasteiger partial charge in [0.05, 0.1) is 6.10 Å². The van der Waals surface area contributed by atoms with Crippen LogP contribution in [0, 0.1) is 5.92 Å². The lowest BCUT2D eigenvalue weighted by atomic mass is 9.87. The second-order valence-corrected chi connectivity index (χ2v) is 5.67. The second kappa shape index (κ2) is 5.48. The lowest BCUT2D eigenvalue weighted by molar-refractivity contribution is -0.0250. The average Bonchev–Trinajstić information content (AvgIpc) is 2.20. The van der Waals surface area contributed by atoms with Crippen LogP contribution in [-0.4, -0.2) is 62.8 Å². The third-order valence-corrected chi connectivity index (χ3v) is 4.41. The minimum atomic E-state index is 0.532. The maximum atomic E-state index is 5.34. The number of hydrogen-bond acceptors (Lipinski definition) is 3. The fourth-order valence-electron chi connectivity index (χ4n) is 2.89. The normalized spacial score (nSPS) is 33.0. The number of likely N-dealkylation sites (tertiary alicyclic amines) is 1. The van der Waals surface area contributed by atoms with Crippen LogP contribution in [0.15, 0.2) is 0 Å². The van der Waals surface area contributed by atoms with E-state index in [9.17, 15) is 0 Å². The first-order chi connectivity index (χ1) is 7.69. The summed E-state index contributed by atoms with van der Waals surface area (Å²) >= 11 is 0.